The molecule has 0 radical (unpaired) electrons. The molecule has 0 unspecified atom stereocenters. The fourth-order valence-electron chi connectivity index (χ4n) is 3.01. The number of rotatable bonds is 8. The van der Waals surface area contributed by atoms with E-state index in [1.807, 2.05) is 6.07 Å². The van der Waals surface area contributed by atoms with Gasteiger partial charge in [-0.15, -0.1) is 0 Å². The standard InChI is InChI=1S/C18H31N5O2/c1-13(2)16-11-15(25-23-16)12-22-18(19-3)21-9-8-20-17(24)10-14-6-4-5-7-14/h11,13-14H,4-10,12H2,1-3H3,(H,20,24)(H2,19,21,22). The molecule has 1 saturated carbocycles. The van der Waals surface area contributed by atoms with Gasteiger partial charge < -0.3 is 20.5 Å². The van der Waals surface area contributed by atoms with E-state index < -0.39 is 0 Å². The molecule has 3 N–H and O–H groups in total. The van der Waals surface area contributed by atoms with E-state index in [9.17, 15) is 4.79 Å². The minimum Gasteiger partial charge on any atom is -0.359 e. The van der Waals surface area contributed by atoms with Crippen LogP contribution in [0.4, 0.5) is 0 Å². The maximum Gasteiger partial charge on any atom is 0.220 e. The van der Waals surface area contributed by atoms with Crippen LogP contribution >= 0.6 is 0 Å². The molecule has 0 spiro atoms. The number of hydrogen-bond acceptors (Lipinski definition) is 4. The van der Waals surface area contributed by atoms with Gasteiger partial charge >= 0.3 is 0 Å². The molecule has 1 fully saturated rings. The lowest BCUT2D eigenvalue weighted by Crippen LogP contribution is -2.41. The highest BCUT2D eigenvalue weighted by Crippen LogP contribution is 2.27. The molecular formula is C18H31N5O2. The SMILES string of the molecule is CN=C(NCCNC(=O)CC1CCCC1)NCc1cc(C(C)C)no1. The van der Waals surface area contributed by atoms with Gasteiger partial charge in [0.2, 0.25) is 5.91 Å². The van der Waals surface area contributed by atoms with Crippen LogP contribution in [-0.2, 0) is 11.3 Å². The predicted octanol–water partition coefficient (Wildman–Crippen LogP) is 2.16. The first-order chi connectivity index (χ1) is 12.1. The zero-order valence-electron chi connectivity index (χ0n) is 15.6. The fraction of sp³-hybridized carbons (Fsp3) is 0.722. The highest BCUT2D eigenvalue weighted by Gasteiger charge is 2.17. The van der Waals surface area contributed by atoms with E-state index in [0.29, 0.717) is 43.9 Å². The number of aromatic nitrogens is 1. The summed E-state index contributed by atoms with van der Waals surface area (Å²) < 4.78 is 5.29. The zero-order valence-corrected chi connectivity index (χ0v) is 15.6. The molecule has 0 saturated heterocycles. The molecule has 1 amide bonds. The summed E-state index contributed by atoms with van der Waals surface area (Å²) >= 11 is 0. The molecule has 1 aliphatic carbocycles. The van der Waals surface area contributed by atoms with Crippen LogP contribution < -0.4 is 16.0 Å². The van der Waals surface area contributed by atoms with Gasteiger partial charge in [-0.3, -0.25) is 9.79 Å². The largest absolute Gasteiger partial charge is 0.359 e. The van der Waals surface area contributed by atoms with Crippen LogP contribution in [0.25, 0.3) is 0 Å². The number of amides is 1. The van der Waals surface area contributed by atoms with Crippen LogP contribution in [0.1, 0.15) is 63.3 Å². The van der Waals surface area contributed by atoms with E-state index >= 15 is 0 Å². The molecule has 2 rings (SSSR count). The molecule has 1 heterocycles. The molecule has 1 aromatic heterocycles. The van der Waals surface area contributed by atoms with Gasteiger partial charge in [0.05, 0.1) is 12.2 Å². The van der Waals surface area contributed by atoms with Gasteiger partial charge in [0.1, 0.15) is 0 Å². The average Bonchev–Trinajstić information content (AvgIpc) is 3.26. The Kier molecular flexibility index (Phi) is 7.76. The number of guanidine groups is 1. The maximum absolute atomic E-state index is 11.9. The van der Waals surface area contributed by atoms with Crippen molar-refractivity contribution >= 4 is 11.9 Å². The number of carbonyl (C=O) groups is 1. The molecule has 7 nitrogen and oxygen atoms in total. The van der Waals surface area contributed by atoms with Crippen molar-refractivity contribution in [2.45, 2.75) is 58.4 Å². The third kappa shape index (κ3) is 6.76. The Hall–Kier alpha value is -2.05. The third-order valence-corrected chi connectivity index (χ3v) is 4.51. The van der Waals surface area contributed by atoms with Crippen molar-refractivity contribution in [1.82, 2.24) is 21.1 Å². The first kappa shape index (κ1) is 19.3. The molecule has 1 aromatic rings. The van der Waals surface area contributed by atoms with Gasteiger partial charge in [-0.1, -0.05) is 31.8 Å². The van der Waals surface area contributed by atoms with Gasteiger partial charge in [0, 0.05) is 32.6 Å². The maximum atomic E-state index is 11.9. The van der Waals surface area contributed by atoms with Gasteiger partial charge in [0.15, 0.2) is 11.7 Å². The van der Waals surface area contributed by atoms with Gasteiger partial charge in [-0.05, 0) is 24.7 Å². The molecule has 0 aliphatic heterocycles. The molecule has 25 heavy (non-hydrogen) atoms. The summed E-state index contributed by atoms with van der Waals surface area (Å²) in [6.07, 6.45) is 5.60. The second-order valence-electron chi connectivity index (χ2n) is 6.93. The topological polar surface area (TPSA) is 91.5 Å². The third-order valence-electron chi connectivity index (χ3n) is 4.51. The summed E-state index contributed by atoms with van der Waals surface area (Å²) in [5, 5.41) is 13.4. The summed E-state index contributed by atoms with van der Waals surface area (Å²) in [5.74, 6) is 2.53. The van der Waals surface area contributed by atoms with Crippen molar-refractivity contribution in [1.29, 1.82) is 0 Å². The summed E-state index contributed by atoms with van der Waals surface area (Å²) in [7, 11) is 1.72. The molecule has 1 aliphatic rings. The molecule has 0 atom stereocenters. The summed E-state index contributed by atoms with van der Waals surface area (Å²) in [6, 6.07) is 1.95. The number of nitrogens with zero attached hydrogens (tertiary/aromatic N) is 2. The molecular weight excluding hydrogens is 318 g/mol. The van der Waals surface area contributed by atoms with Crippen molar-refractivity contribution in [2.75, 3.05) is 20.1 Å². The second kappa shape index (κ2) is 10.1. The number of nitrogens with one attached hydrogen (secondary N) is 3. The Morgan fingerprint density at radius 3 is 2.64 bits per heavy atom. The van der Waals surface area contributed by atoms with E-state index in [1.54, 1.807) is 7.05 Å². The predicted molar refractivity (Wildman–Crippen MR) is 98.4 cm³/mol. The number of carbonyl (C=O) groups excluding carboxylic acids is 1. The molecule has 7 heteroatoms. The minimum atomic E-state index is 0.152. The Morgan fingerprint density at radius 1 is 1.28 bits per heavy atom. The van der Waals surface area contributed by atoms with Crippen molar-refractivity contribution in [3.8, 4) is 0 Å². The molecule has 0 bridgehead atoms. The number of aliphatic imine (C=N–C) groups is 1. The zero-order chi connectivity index (χ0) is 18.1. The van der Waals surface area contributed by atoms with Gasteiger partial charge in [-0.25, -0.2) is 0 Å². The monoisotopic (exact) mass is 349 g/mol. The van der Waals surface area contributed by atoms with E-state index in [2.05, 4.69) is 39.9 Å². The average molecular weight is 349 g/mol. The van der Waals surface area contributed by atoms with Crippen molar-refractivity contribution in [3.05, 3.63) is 17.5 Å². The van der Waals surface area contributed by atoms with E-state index in [1.165, 1.54) is 25.7 Å². The van der Waals surface area contributed by atoms with E-state index in [0.717, 1.165) is 11.5 Å². The molecule has 0 aromatic carbocycles. The Balaban J connectivity index is 1.60. The lowest BCUT2D eigenvalue weighted by atomic mass is 10.0. The van der Waals surface area contributed by atoms with Crippen LogP contribution in [0.3, 0.4) is 0 Å². The Morgan fingerprint density at radius 2 is 2.00 bits per heavy atom. The Bertz CT molecular complexity index is 562. The minimum absolute atomic E-state index is 0.152. The summed E-state index contributed by atoms with van der Waals surface area (Å²) in [4.78, 5) is 16.0. The fourth-order valence-corrected chi connectivity index (χ4v) is 3.01. The highest BCUT2D eigenvalue weighted by molar-refractivity contribution is 5.79. The summed E-state index contributed by atoms with van der Waals surface area (Å²) in [6.45, 7) is 5.90. The van der Waals surface area contributed by atoms with Gasteiger partial charge in [0.25, 0.3) is 0 Å². The van der Waals surface area contributed by atoms with Crippen LogP contribution in [-0.4, -0.2) is 37.2 Å². The first-order valence-corrected chi connectivity index (χ1v) is 9.25. The van der Waals surface area contributed by atoms with Crippen LogP contribution in [0.2, 0.25) is 0 Å². The van der Waals surface area contributed by atoms with E-state index in [4.69, 9.17) is 4.52 Å². The highest BCUT2D eigenvalue weighted by atomic mass is 16.5. The van der Waals surface area contributed by atoms with Crippen molar-refractivity contribution in [2.24, 2.45) is 10.9 Å². The first-order valence-electron chi connectivity index (χ1n) is 9.25. The Labute approximate surface area is 150 Å². The van der Waals surface area contributed by atoms with Crippen LogP contribution in [0.15, 0.2) is 15.6 Å². The van der Waals surface area contributed by atoms with Gasteiger partial charge in [-0.2, -0.15) is 0 Å². The van der Waals surface area contributed by atoms with Crippen molar-refractivity contribution in [3.63, 3.8) is 0 Å². The van der Waals surface area contributed by atoms with Crippen LogP contribution in [0, 0.1) is 5.92 Å². The van der Waals surface area contributed by atoms with Crippen molar-refractivity contribution < 1.29 is 9.32 Å². The lowest BCUT2D eigenvalue weighted by Gasteiger charge is -2.12. The number of hydrogen-bond donors (Lipinski definition) is 3. The second-order valence-corrected chi connectivity index (χ2v) is 6.93. The summed E-state index contributed by atoms with van der Waals surface area (Å²) in [5.41, 5.74) is 0.949. The van der Waals surface area contributed by atoms with E-state index in [-0.39, 0.29) is 5.91 Å². The smallest absolute Gasteiger partial charge is 0.220 e. The molecule has 140 valence electrons. The quantitative estimate of drug-likeness (QED) is 0.380. The lowest BCUT2D eigenvalue weighted by molar-refractivity contribution is -0.121. The van der Waals surface area contributed by atoms with Crippen LogP contribution in [0.5, 0.6) is 0 Å². The normalized spacial score (nSPS) is 15.6.